The van der Waals surface area contributed by atoms with Crippen LogP contribution in [-0.2, 0) is 17.8 Å². The maximum atomic E-state index is 6.22. The molecule has 0 N–H and O–H groups in total. The molecule has 0 amide bonds. The van der Waals surface area contributed by atoms with Crippen molar-refractivity contribution in [2.45, 2.75) is 36.8 Å². The number of pyridine rings is 1. The summed E-state index contributed by atoms with van der Waals surface area (Å²) < 4.78 is 13.9. The summed E-state index contributed by atoms with van der Waals surface area (Å²) >= 11 is 1.75. The maximum absolute atomic E-state index is 6.22. The van der Waals surface area contributed by atoms with Gasteiger partial charge in [0.1, 0.15) is 11.6 Å². The summed E-state index contributed by atoms with van der Waals surface area (Å²) in [5.74, 6) is 2.00. The van der Waals surface area contributed by atoms with Gasteiger partial charge in [-0.25, -0.2) is 4.98 Å². The van der Waals surface area contributed by atoms with Crippen LogP contribution in [0.1, 0.15) is 30.3 Å². The summed E-state index contributed by atoms with van der Waals surface area (Å²) in [5, 5.41) is 0. The Balaban J connectivity index is 1.46. The van der Waals surface area contributed by atoms with Crippen molar-refractivity contribution in [1.29, 1.82) is 0 Å². The van der Waals surface area contributed by atoms with Crippen LogP contribution in [0.25, 0.3) is 22.5 Å². The molecule has 5 rings (SSSR count). The highest BCUT2D eigenvalue weighted by atomic mass is 32.2. The Labute approximate surface area is 205 Å². The van der Waals surface area contributed by atoms with Crippen LogP contribution in [0.3, 0.4) is 0 Å². The minimum atomic E-state index is 0.247. The summed E-state index contributed by atoms with van der Waals surface area (Å²) in [6.07, 6.45) is 8.99. The van der Waals surface area contributed by atoms with Gasteiger partial charge < -0.3 is 14.0 Å². The molecule has 174 valence electrons. The van der Waals surface area contributed by atoms with Gasteiger partial charge in [0.05, 0.1) is 37.8 Å². The lowest BCUT2D eigenvalue weighted by molar-refractivity contribution is 0.0827. The quantitative estimate of drug-likeness (QED) is 0.277. The highest BCUT2D eigenvalue weighted by Gasteiger charge is 2.28. The number of aryl methyl sites for hydroxylation is 1. The van der Waals surface area contributed by atoms with Crippen LogP contribution in [0.2, 0.25) is 0 Å². The molecule has 0 saturated heterocycles. The summed E-state index contributed by atoms with van der Waals surface area (Å²) in [4.78, 5) is 10.6. The minimum Gasteiger partial charge on any atom is -0.497 e. The number of aromatic nitrogens is 3. The molecule has 0 spiro atoms. The fourth-order valence-electron chi connectivity index (χ4n) is 4.60. The molecule has 0 aliphatic carbocycles. The zero-order chi connectivity index (χ0) is 23.3. The van der Waals surface area contributed by atoms with E-state index in [0.717, 1.165) is 58.9 Å². The van der Waals surface area contributed by atoms with Crippen LogP contribution >= 0.6 is 11.8 Å². The second-order valence-electron chi connectivity index (χ2n) is 8.47. The Hall–Kier alpha value is -3.09. The molecule has 6 heteroatoms. The third-order valence-corrected chi connectivity index (χ3v) is 7.09. The highest BCUT2D eigenvalue weighted by Crippen LogP contribution is 2.39. The van der Waals surface area contributed by atoms with E-state index in [9.17, 15) is 0 Å². The summed E-state index contributed by atoms with van der Waals surface area (Å²) in [6, 6.07) is 21.2. The first-order chi connectivity index (χ1) is 16.8. The second-order valence-corrected chi connectivity index (χ2v) is 9.35. The van der Waals surface area contributed by atoms with Gasteiger partial charge in [-0.15, -0.1) is 11.8 Å². The molecule has 0 radical (unpaired) electrons. The predicted octanol–water partition coefficient (Wildman–Crippen LogP) is 6.44. The smallest absolute Gasteiger partial charge is 0.118 e. The summed E-state index contributed by atoms with van der Waals surface area (Å²) in [5.41, 5.74) is 5.62. The van der Waals surface area contributed by atoms with E-state index in [-0.39, 0.29) is 6.04 Å². The van der Waals surface area contributed by atoms with Crippen LogP contribution in [0.15, 0.2) is 78.0 Å². The summed E-state index contributed by atoms with van der Waals surface area (Å²) in [6.45, 7) is 1.23. The Morgan fingerprint density at radius 3 is 2.44 bits per heavy atom. The first-order valence-corrected chi connectivity index (χ1v) is 12.9. The number of imidazole rings is 1. The van der Waals surface area contributed by atoms with Gasteiger partial charge in [0.2, 0.25) is 0 Å². The number of rotatable bonds is 8. The summed E-state index contributed by atoms with van der Waals surface area (Å²) in [7, 11) is 1.68. The number of ether oxygens (including phenoxy) is 2. The fourth-order valence-corrected chi connectivity index (χ4v) is 5.01. The Morgan fingerprint density at radius 1 is 0.971 bits per heavy atom. The first kappa shape index (κ1) is 22.7. The lowest BCUT2D eigenvalue weighted by Gasteiger charge is -2.27. The largest absolute Gasteiger partial charge is 0.497 e. The van der Waals surface area contributed by atoms with Gasteiger partial charge in [-0.2, -0.15) is 0 Å². The van der Waals surface area contributed by atoms with Crippen molar-refractivity contribution in [1.82, 2.24) is 14.5 Å². The molecule has 1 aliphatic heterocycles. The van der Waals surface area contributed by atoms with E-state index >= 15 is 0 Å². The molecule has 3 heterocycles. The molecule has 0 bridgehead atoms. The third kappa shape index (κ3) is 4.74. The molecule has 4 aromatic rings. The van der Waals surface area contributed by atoms with E-state index < -0.39 is 0 Å². The first-order valence-electron chi connectivity index (χ1n) is 11.6. The van der Waals surface area contributed by atoms with E-state index in [4.69, 9.17) is 14.5 Å². The van der Waals surface area contributed by atoms with Crippen LogP contribution < -0.4 is 4.74 Å². The van der Waals surface area contributed by atoms with Gasteiger partial charge in [0, 0.05) is 34.8 Å². The maximum Gasteiger partial charge on any atom is 0.118 e. The van der Waals surface area contributed by atoms with Crippen molar-refractivity contribution in [3.8, 4) is 28.3 Å². The van der Waals surface area contributed by atoms with Crippen LogP contribution in [0, 0.1) is 0 Å². The van der Waals surface area contributed by atoms with Crippen molar-refractivity contribution in [2.75, 3.05) is 20.0 Å². The number of thioether (sulfide) groups is 1. The molecular weight excluding hydrogens is 442 g/mol. The Morgan fingerprint density at radius 2 is 1.74 bits per heavy atom. The Kier molecular flexibility index (Phi) is 6.97. The standard InChI is InChI=1S/C28H29N3O2S/c1-32-24-10-6-20(7-11-24)18-33-19-23-4-3-5-26-30-27(21-8-12-25(34-2)13-9-21)28(31(23)26)22-14-16-29-17-15-22/h6-17,23H,3-5,18-19H2,1-2H3/t23-/m0/s1. The molecule has 2 aromatic carbocycles. The van der Waals surface area contributed by atoms with Gasteiger partial charge in [-0.1, -0.05) is 24.3 Å². The van der Waals surface area contributed by atoms with E-state index in [0.29, 0.717) is 13.2 Å². The molecule has 2 aromatic heterocycles. The molecule has 34 heavy (non-hydrogen) atoms. The molecule has 1 atom stereocenters. The number of nitrogens with zero attached hydrogens (tertiary/aromatic N) is 3. The average molecular weight is 472 g/mol. The van der Waals surface area contributed by atoms with Gasteiger partial charge in [-0.3, -0.25) is 4.98 Å². The average Bonchev–Trinajstić information content (AvgIpc) is 3.30. The minimum absolute atomic E-state index is 0.247. The molecular formula is C28H29N3O2S. The van der Waals surface area contributed by atoms with E-state index in [1.54, 1.807) is 18.9 Å². The number of hydrogen-bond acceptors (Lipinski definition) is 5. The normalized spacial score (nSPS) is 15.2. The van der Waals surface area contributed by atoms with Gasteiger partial charge in [-0.05, 0) is 61.1 Å². The SMILES string of the molecule is COc1ccc(COC[C@@H]2CCCc3nc(-c4ccc(SC)cc4)c(-c4ccncc4)n32)cc1. The number of benzene rings is 2. The zero-order valence-corrected chi connectivity index (χ0v) is 20.4. The fraction of sp³-hybridized carbons (Fsp3) is 0.286. The van der Waals surface area contributed by atoms with Crippen LogP contribution in [-0.4, -0.2) is 34.5 Å². The number of methoxy groups -OCH3 is 1. The number of fused-ring (bicyclic) bond motifs is 1. The number of hydrogen-bond donors (Lipinski definition) is 0. The van der Waals surface area contributed by atoms with Crippen molar-refractivity contribution >= 4 is 11.8 Å². The van der Waals surface area contributed by atoms with Crippen molar-refractivity contribution < 1.29 is 9.47 Å². The van der Waals surface area contributed by atoms with E-state index in [2.05, 4.69) is 64.3 Å². The highest BCUT2D eigenvalue weighted by molar-refractivity contribution is 7.98. The second kappa shape index (κ2) is 10.5. The molecule has 0 unspecified atom stereocenters. The van der Waals surface area contributed by atoms with Crippen molar-refractivity contribution in [2.24, 2.45) is 0 Å². The van der Waals surface area contributed by atoms with E-state index in [1.807, 2.05) is 24.5 Å². The van der Waals surface area contributed by atoms with Gasteiger partial charge in [0.25, 0.3) is 0 Å². The van der Waals surface area contributed by atoms with Crippen LogP contribution in [0.4, 0.5) is 0 Å². The lowest BCUT2D eigenvalue weighted by atomic mass is 10.0. The topological polar surface area (TPSA) is 49.2 Å². The molecule has 5 nitrogen and oxygen atoms in total. The molecule has 1 aliphatic rings. The lowest BCUT2D eigenvalue weighted by Crippen LogP contribution is -2.23. The monoisotopic (exact) mass is 471 g/mol. The van der Waals surface area contributed by atoms with Crippen molar-refractivity contribution in [3.05, 3.63) is 84.4 Å². The van der Waals surface area contributed by atoms with E-state index in [1.165, 1.54) is 4.90 Å². The van der Waals surface area contributed by atoms with Crippen LogP contribution in [0.5, 0.6) is 5.75 Å². The van der Waals surface area contributed by atoms with Crippen molar-refractivity contribution in [3.63, 3.8) is 0 Å². The van der Waals surface area contributed by atoms with Gasteiger partial charge in [0.15, 0.2) is 0 Å². The zero-order valence-electron chi connectivity index (χ0n) is 19.6. The Bertz CT molecular complexity index is 1220. The molecule has 0 saturated carbocycles. The predicted molar refractivity (Wildman–Crippen MR) is 137 cm³/mol. The van der Waals surface area contributed by atoms with Gasteiger partial charge >= 0.3 is 0 Å². The molecule has 0 fully saturated rings. The third-order valence-electron chi connectivity index (χ3n) is 6.34.